The van der Waals surface area contributed by atoms with Gasteiger partial charge in [-0.25, -0.2) is 0 Å². The predicted octanol–water partition coefficient (Wildman–Crippen LogP) is 1.80. The van der Waals surface area contributed by atoms with Gasteiger partial charge in [-0.2, -0.15) is 8.75 Å². The second-order valence-electron chi connectivity index (χ2n) is 3.03. The van der Waals surface area contributed by atoms with E-state index in [1.165, 1.54) is 6.20 Å². The highest BCUT2D eigenvalue weighted by Gasteiger charge is 2.15. The fraction of sp³-hybridized carbons (Fsp3) is 0.667. The van der Waals surface area contributed by atoms with Gasteiger partial charge in [0.1, 0.15) is 0 Å². The van der Waals surface area contributed by atoms with Gasteiger partial charge < -0.3 is 4.90 Å². The maximum Gasteiger partial charge on any atom is 0.275 e. The normalized spacial score (nSPS) is 10.1. The Morgan fingerprint density at radius 1 is 1.57 bits per heavy atom. The molecule has 78 valence electrons. The second-order valence-corrected chi connectivity index (χ2v) is 3.59. The molecule has 0 saturated heterocycles. The Labute approximate surface area is 88.3 Å². The molecule has 1 amide bonds. The zero-order valence-corrected chi connectivity index (χ0v) is 9.38. The molecule has 0 aliphatic rings. The molecule has 1 aromatic heterocycles. The molecule has 0 unspecified atom stereocenters. The van der Waals surface area contributed by atoms with Crippen LogP contribution in [-0.4, -0.2) is 32.6 Å². The Balaban J connectivity index is 2.56. The van der Waals surface area contributed by atoms with E-state index in [1.807, 2.05) is 6.92 Å². The van der Waals surface area contributed by atoms with Crippen LogP contribution >= 0.6 is 11.7 Å². The molecule has 0 spiro atoms. The largest absolute Gasteiger partial charge is 0.338 e. The molecular formula is C9H15N3OS. The number of carbonyl (C=O) groups excluding carboxylic acids is 1. The molecule has 0 fully saturated rings. The molecule has 5 heteroatoms. The van der Waals surface area contributed by atoms with E-state index in [-0.39, 0.29) is 5.91 Å². The van der Waals surface area contributed by atoms with Crippen LogP contribution in [0.2, 0.25) is 0 Å². The minimum atomic E-state index is -0.00491. The van der Waals surface area contributed by atoms with Crippen molar-refractivity contribution in [3.05, 3.63) is 11.9 Å². The van der Waals surface area contributed by atoms with Crippen molar-refractivity contribution in [3.63, 3.8) is 0 Å². The van der Waals surface area contributed by atoms with E-state index >= 15 is 0 Å². The number of hydrogen-bond donors (Lipinski definition) is 0. The minimum Gasteiger partial charge on any atom is -0.338 e. The van der Waals surface area contributed by atoms with Crippen LogP contribution in [0.4, 0.5) is 0 Å². The molecule has 0 atom stereocenters. The summed E-state index contributed by atoms with van der Waals surface area (Å²) < 4.78 is 7.76. The summed E-state index contributed by atoms with van der Waals surface area (Å²) in [6.45, 7) is 5.63. The topological polar surface area (TPSA) is 46.1 Å². The Morgan fingerprint density at radius 2 is 2.36 bits per heavy atom. The number of amides is 1. The smallest absolute Gasteiger partial charge is 0.275 e. The van der Waals surface area contributed by atoms with Crippen molar-refractivity contribution in [2.75, 3.05) is 13.1 Å². The molecule has 1 aromatic rings. The van der Waals surface area contributed by atoms with Gasteiger partial charge in [0, 0.05) is 13.1 Å². The van der Waals surface area contributed by atoms with Gasteiger partial charge in [0.05, 0.1) is 17.9 Å². The Morgan fingerprint density at radius 3 is 2.86 bits per heavy atom. The van der Waals surface area contributed by atoms with Crippen LogP contribution in [0.25, 0.3) is 0 Å². The molecule has 1 heterocycles. The SMILES string of the molecule is CCCCN(CC)C(=O)c1cnsn1. The molecule has 0 saturated carbocycles. The highest BCUT2D eigenvalue weighted by atomic mass is 32.1. The second kappa shape index (κ2) is 5.70. The molecule has 0 N–H and O–H groups in total. The third kappa shape index (κ3) is 2.77. The van der Waals surface area contributed by atoms with Crippen molar-refractivity contribution in [3.8, 4) is 0 Å². The maximum absolute atomic E-state index is 11.8. The number of carbonyl (C=O) groups is 1. The molecule has 1 rings (SSSR count). The predicted molar refractivity (Wildman–Crippen MR) is 56.4 cm³/mol. The average molecular weight is 213 g/mol. The maximum atomic E-state index is 11.8. The third-order valence-electron chi connectivity index (χ3n) is 2.03. The Hall–Kier alpha value is -0.970. The van der Waals surface area contributed by atoms with Gasteiger partial charge in [0.15, 0.2) is 5.69 Å². The first-order valence-electron chi connectivity index (χ1n) is 4.86. The Bertz CT molecular complexity index is 274. The van der Waals surface area contributed by atoms with Crippen molar-refractivity contribution in [2.45, 2.75) is 26.7 Å². The lowest BCUT2D eigenvalue weighted by molar-refractivity contribution is 0.0757. The van der Waals surface area contributed by atoms with Crippen LogP contribution in [0.15, 0.2) is 6.20 Å². The molecule has 0 aliphatic carbocycles. The highest BCUT2D eigenvalue weighted by molar-refractivity contribution is 6.99. The summed E-state index contributed by atoms with van der Waals surface area (Å²) in [5.41, 5.74) is 0.466. The lowest BCUT2D eigenvalue weighted by Gasteiger charge is -2.18. The molecule has 0 bridgehead atoms. The van der Waals surface area contributed by atoms with Crippen LogP contribution in [-0.2, 0) is 0 Å². The van der Waals surface area contributed by atoms with Gasteiger partial charge in [-0.15, -0.1) is 0 Å². The van der Waals surface area contributed by atoms with E-state index in [2.05, 4.69) is 15.7 Å². The summed E-state index contributed by atoms with van der Waals surface area (Å²) in [6, 6.07) is 0. The molecule has 4 nitrogen and oxygen atoms in total. The fourth-order valence-corrected chi connectivity index (χ4v) is 1.58. The van der Waals surface area contributed by atoms with Crippen molar-refractivity contribution < 1.29 is 4.79 Å². The van der Waals surface area contributed by atoms with Crippen LogP contribution in [0.5, 0.6) is 0 Å². The summed E-state index contributed by atoms with van der Waals surface area (Å²) >= 11 is 1.07. The number of hydrogen-bond acceptors (Lipinski definition) is 4. The summed E-state index contributed by atoms with van der Waals surface area (Å²) in [4.78, 5) is 13.6. The number of unbranched alkanes of at least 4 members (excludes halogenated alkanes) is 1. The van der Waals surface area contributed by atoms with Gasteiger partial charge in [-0.05, 0) is 13.3 Å². The van der Waals surface area contributed by atoms with Gasteiger partial charge in [0.25, 0.3) is 5.91 Å². The van der Waals surface area contributed by atoms with E-state index < -0.39 is 0 Å². The fourth-order valence-electron chi connectivity index (χ4n) is 1.17. The summed E-state index contributed by atoms with van der Waals surface area (Å²) in [6.07, 6.45) is 3.66. The van der Waals surface area contributed by atoms with Crippen LogP contribution in [0.1, 0.15) is 37.2 Å². The van der Waals surface area contributed by atoms with E-state index in [0.717, 1.165) is 37.7 Å². The number of nitrogens with zero attached hydrogens (tertiary/aromatic N) is 3. The molecular weight excluding hydrogens is 198 g/mol. The van der Waals surface area contributed by atoms with E-state index in [1.54, 1.807) is 4.90 Å². The average Bonchev–Trinajstić information content (AvgIpc) is 2.71. The van der Waals surface area contributed by atoms with Crippen molar-refractivity contribution in [1.29, 1.82) is 0 Å². The monoisotopic (exact) mass is 213 g/mol. The van der Waals surface area contributed by atoms with Gasteiger partial charge in [-0.3, -0.25) is 4.79 Å². The molecule has 0 radical (unpaired) electrons. The van der Waals surface area contributed by atoms with Crippen molar-refractivity contribution >= 4 is 17.6 Å². The van der Waals surface area contributed by atoms with Gasteiger partial charge in [0.2, 0.25) is 0 Å². The summed E-state index contributed by atoms with van der Waals surface area (Å²) in [7, 11) is 0. The third-order valence-corrected chi connectivity index (χ3v) is 2.51. The van der Waals surface area contributed by atoms with Crippen LogP contribution in [0.3, 0.4) is 0 Å². The van der Waals surface area contributed by atoms with Crippen LogP contribution < -0.4 is 0 Å². The van der Waals surface area contributed by atoms with Gasteiger partial charge >= 0.3 is 0 Å². The van der Waals surface area contributed by atoms with Gasteiger partial charge in [-0.1, -0.05) is 13.3 Å². The highest BCUT2D eigenvalue weighted by Crippen LogP contribution is 2.03. The number of aromatic nitrogens is 2. The van der Waals surface area contributed by atoms with Crippen molar-refractivity contribution in [1.82, 2.24) is 13.6 Å². The summed E-state index contributed by atoms with van der Waals surface area (Å²) in [5.74, 6) is -0.00491. The quantitative estimate of drug-likeness (QED) is 0.749. The zero-order chi connectivity index (χ0) is 10.4. The van der Waals surface area contributed by atoms with E-state index in [9.17, 15) is 4.79 Å². The zero-order valence-electron chi connectivity index (χ0n) is 8.56. The Kier molecular flexibility index (Phi) is 4.52. The number of rotatable bonds is 5. The first-order chi connectivity index (χ1) is 6.79. The van der Waals surface area contributed by atoms with E-state index in [4.69, 9.17) is 0 Å². The first-order valence-corrected chi connectivity index (χ1v) is 5.59. The summed E-state index contributed by atoms with van der Waals surface area (Å²) in [5, 5.41) is 0. The minimum absolute atomic E-state index is 0.00491. The molecule has 0 aliphatic heterocycles. The lowest BCUT2D eigenvalue weighted by Crippen LogP contribution is -2.31. The van der Waals surface area contributed by atoms with Crippen molar-refractivity contribution in [2.24, 2.45) is 0 Å². The standard InChI is InChI=1S/C9H15N3OS/c1-3-5-6-12(4-2)9(13)8-7-10-14-11-8/h7H,3-6H2,1-2H3. The lowest BCUT2D eigenvalue weighted by atomic mass is 10.3. The van der Waals surface area contributed by atoms with Crippen LogP contribution in [0, 0.1) is 0 Å². The molecule has 0 aromatic carbocycles. The molecule has 14 heavy (non-hydrogen) atoms. The first kappa shape index (κ1) is 11.1. The van der Waals surface area contributed by atoms with E-state index in [0.29, 0.717) is 5.69 Å².